The average molecular weight is 302 g/mol. The van der Waals surface area contributed by atoms with E-state index in [0.717, 1.165) is 0 Å². The maximum absolute atomic E-state index is 14.1. The number of carbonyl (C=O) groups is 1. The molecular formula is C17H12F2O3. The first-order valence-electron chi connectivity index (χ1n) is 6.75. The van der Waals surface area contributed by atoms with E-state index in [1.54, 1.807) is 25.1 Å². The average Bonchev–Trinajstić information content (AvgIpc) is 2.92. The van der Waals surface area contributed by atoms with Crippen molar-refractivity contribution in [1.29, 1.82) is 0 Å². The van der Waals surface area contributed by atoms with Crippen LogP contribution in [0.3, 0.4) is 0 Å². The molecule has 0 aliphatic carbocycles. The summed E-state index contributed by atoms with van der Waals surface area (Å²) in [4.78, 5) is 12.0. The zero-order valence-corrected chi connectivity index (χ0v) is 11.7. The van der Waals surface area contributed by atoms with Crippen LogP contribution in [0.2, 0.25) is 0 Å². The fourth-order valence-electron chi connectivity index (χ4n) is 2.41. The Morgan fingerprint density at radius 3 is 2.50 bits per heavy atom. The van der Waals surface area contributed by atoms with Crippen molar-refractivity contribution in [3.8, 4) is 11.1 Å². The number of fused-ring (bicyclic) bond motifs is 1. The Labute approximate surface area is 125 Å². The van der Waals surface area contributed by atoms with Crippen molar-refractivity contribution in [2.24, 2.45) is 0 Å². The van der Waals surface area contributed by atoms with Gasteiger partial charge in [-0.25, -0.2) is 13.6 Å². The van der Waals surface area contributed by atoms with Crippen LogP contribution >= 0.6 is 0 Å². The standard InChI is InChI=1S/C17H12F2O3/c1-2-21-17(20)11-9-22-14-8-3-5-10(15(11)14)16-12(18)6-4-7-13(16)19/h3-9H,2H2,1H3. The number of halogens is 2. The molecule has 0 N–H and O–H groups in total. The molecule has 1 heterocycles. The van der Waals surface area contributed by atoms with Gasteiger partial charge in [-0.15, -0.1) is 0 Å². The number of hydrogen-bond acceptors (Lipinski definition) is 3. The summed E-state index contributed by atoms with van der Waals surface area (Å²) in [6, 6.07) is 8.41. The van der Waals surface area contributed by atoms with E-state index in [9.17, 15) is 13.6 Å². The first-order chi connectivity index (χ1) is 10.6. The van der Waals surface area contributed by atoms with Crippen LogP contribution < -0.4 is 0 Å². The topological polar surface area (TPSA) is 39.4 Å². The lowest BCUT2D eigenvalue weighted by Crippen LogP contribution is -2.04. The van der Waals surface area contributed by atoms with E-state index in [2.05, 4.69) is 0 Å². The molecule has 0 aliphatic heterocycles. The molecule has 0 atom stereocenters. The van der Waals surface area contributed by atoms with Gasteiger partial charge in [0.05, 0.1) is 12.2 Å². The maximum Gasteiger partial charge on any atom is 0.342 e. The summed E-state index contributed by atoms with van der Waals surface area (Å²) in [5.41, 5.74) is 0.572. The number of ether oxygens (including phenoxy) is 1. The molecule has 0 amide bonds. The molecule has 2 aromatic carbocycles. The van der Waals surface area contributed by atoms with Gasteiger partial charge in [0.2, 0.25) is 0 Å². The molecule has 0 fully saturated rings. The predicted molar refractivity (Wildman–Crippen MR) is 77.5 cm³/mol. The number of carbonyl (C=O) groups excluding carboxylic acids is 1. The van der Waals surface area contributed by atoms with Crippen LogP contribution in [0.5, 0.6) is 0 Å². The van der Waals surface area contributed by atoms with Crippen LogP contribution in [-0.4, -0.2) is 12.6 Å². The number of benzene rings is 2. The van der Waals surface area contributed by atoms with Crippen LogP contribution in [0.1, 0.15) is 17.3 Å². The second-order valence-electron chi connectivity index (χ2n) is 4.65. The van der Waals surface area contributed by atoms with Crippen molar-refractivity contribution in [1.82, 2.24) is 0 Å². The number of hydrogen-bond donors (Lipinski definition) is 0. The van der Waals surface area contributed by atoms with Crippen molar-refractivity contribution >= 4 is 16.9 Å². The Kier molecular flexibility index (Phi) is 3.63. The Morgan fingerprint density at radius 2 is 1.82 bits per heavy atom. The lowest BCUT2D eigenvalue weighted by Gasteiger charge is -2.08. The molecular weight excluding hydrogens is 290 g/mol. The lowest BCUT2D eigenvalue weighted by molar-refractivity contribution is 0.0527. The van der Waals surface area contributed by atoms with Gasteiger partial charge in [-0.3, -0.25) is 0 Å². The van der Waals surface area contributed by atoms with Gasteiger partial charge in [0.25, 0.3) is 0 Å². The van der Waals surface area contributed by atoms with E-state index in [1.807, 2.05) is 0 Å². The Balaban J connectivity index is 2.31. The van der Waals surface area contributed by atoms with Gasteiger partial charge in [0.15, 0.2) is 0 Å². The predicted octanol–water partition coefficient (Wildman–Crippen LogP) is 4.55. The van der Waals surface area contributed by atoms with E-state index in [-0.39, 0.29) is 23.3 Å². The minimum absolute atomic E-state index is 0.148. The first-order valence-corrected chi connectivity index (χ1v) is 6.75. The fraction of sp³-hybridized carbons (Fsp3) is 0.118. The van der Waals surface area contributed by atoms with Crippen LogP contribution in [0.15, 0.2) is 47.1 Å². The largest absolute Gasteiger partial charge is 0.463 e. The van der Waals surface area contributed by atoms with E-state index in [0.29, 0.717) is 11.0 Å². The molecule has 0 saturated carbocycles. The normalized spacial score (nSPS) is 10.9. The summed E-state index contributed by atoms with van der Waals surface area (Å²) in [7, 11) is 0. The molecule has 1 aromatic heterocycles. The molecule has 22 heavy (non-hydrogen) atoms. The molecule has 0 spiro atoms. The van der Waals surface area contributed by atoms with E-state index in [1.165, 1.54) is 24.5 Å². The third kappa shape index (κ3) is 2.24. The molecule has 5 heteroatoms. The second kappa shape index (κ2) is 5.60. The molecule has 0 bridgehead atoms. The molecule has 3 rings (SSSR count). The van der Waals surface area contributed by atoms with E-state index in [4.69, 9.17) is 9.15 Å². The smallest absolute Gasteiger partial charge is 0.342 e. The molecule has 3 aromatic rings. The number of esters is 1. The van der Waals surface area contributed by atoms with E-state index < -0.39 is 17.6 Å². The van der Waals surface area contributed by atoms with Gasteiger partial charge >= 0.3 is 5.97 Å². The number of rotatable bonds is 3. The molecule has 112 valence electrons. The van der Waals surface area contributed by atoms with Gasteiger partial charge in [-0.2, -0.15) is 0 Å². The van der Waals surface area contributed by atoms with Gasteiger partial charge < -0.3 is 9.15 Å². The quantitative estimate of drug-likeness (QED) is 0.666. The molecule has 3 nitrogen and oxygen atoms in total. The van der Waals surface area contributed by atoms with Gasteiger partial charge in [0.1, 0.15) is 29.0 Å². The molecule has 0 aliphatic rings. The van der Waals surface area contributed by atoms with Gasteiger partial charge in [-0.1, -0.05) is 18.2 Å². The van der Waals surface area contributed by atoms with Crippen molar-refractivity contribution in [2.75, 3.05) is 6.61 Å². The van der Waals surface area contributed by atoms with E-state index >= 15 is 0 Å². The summed E-state index contributed by atoms with van der Waals surface area (Å²) >= 11 is 0. The summed E-state index contributed by atoms with van der Waals surface area (Å²) in [6.45, 7) is 1.87. The van der Waals surface area contributed by atoms with Crippen molar-refractivity contribution in [3.05, 3.63) is 59.9 Å². The Bertz CT molecular complexity index is 832. The molecule has 0 radical (unpaired) electrons. The fourth-order valence-corrected chi connectivity index (χ4v) is 2.41. The molecule has 0 saturated heterocycles. The lowest BCUT2D eigenvalue weighted by atomic mass is 9.98. The summed E-state index contributed by atoms with van der Waals surface area (Å²) in [5.74, 6) is -2.00. The van der Waals surface area contributed by atoms with Gasteiger partial charge in [0, 0.05) is 5.39 Å². The van der Waals surface area contributed by atoms with Crippen molar-refractivity contribution in [2.45, 2.75) is 6.92 Å². The highest BCUT2D eigenvalue weighted by Gasteiger charge is 2.21. The third-order valence-corrected chi connectivity index (χ3v) is 3.33. The minimum Gasteiger partial charge on any atom is -0.463 e. The zero-order chi connectivity index (χ0) is 15.7. The first kappa shape index (κ1) is 14.3. The SMILES string of the molecule is CCOC(=O)c1coc2cccc(-c3c(F)cccc3F)c12. The highest BCUT2D eigenvalue weighted by molar-refractivity contribution is 6.09. The minimum atomic E-state index is -0.705. The summed E-state index contributed by atoms with van der Waals surface area (Å²) < 4.78 is 38.4. The Morgan fingerprint density at radius 1 is 1.14 bits per heavy atom. The Hall–Kier alpha value is -2.69. The maximum atomic E-state index is 14.1. The summed E-state index contributed by atoms with van der Waals surface area (Å²) in [5, 5.41) is 0.338. The van der Waals surface area contributed by atoms with Gasteiger partial charge in [-0.05, 0) is 30.7 Å². The van der Waals surface area contributed by atoms with Crippen molar-refractivity contribution in [3.63, 3.8) is 0 Å². The monoisotopic (exact) mass is 302 g/mol. The third-order valence-electron chi connectivity index (χ3n) is 3.33. The van der Waals surface area contributed by atoms with Crippen LogP contribution in [0.25, 0.3) is 22.1 Å². The zero-order valence-electron chi connectivity index (χ0n) is 11.7. The highest BCUT2D eigenvalue weighted by atomic mass is 19.1. The van der Waals surface area contributed by atoms with Crippen LogP contribution in [0.4, 0.5) is 8.78 Å². The molecule has 0 unspecified atom stereocenters. The van der Waals surface area contributed by atoms with Crippen LogP contribution in [0, 0.1) is 11.6 Å². The van der Waals surface area contributed by atoms with Crippen LogP contribution in [-0.2, 0) is 4.74 Å². The number of furan rings is 1. The highest BCUT2D eigenvalue weighted by Crippen LogP contribution is 2.35. The second-order valence-corrected chi connectivity index (χ2v) is 4.65. The van der Waals surface area contributed by atoms with Crippen molar-refractivity contribution < 1.29 is 22.7 Å². The summed E-state index contributed by atoms with van der Waals surface area (Å²) in [6.07, 6.45) is 1.24.